The molecule has 2 aromatic heterocycles. The minimum absolute atomic E-state index is 0.0102. The van der Waals surface area contributed by atoms with E-state index in [4.69, 9.17) is 35.0 Å². The minimum atomic E-state index is -0.969. The van der Waals surface area contributed by atoms with Gasteiger partial charge in [0.25, 0.3) is 5.91 Å². The second-order valence-corrected chi connectivity index (χ2v) is 40.7. The molecule has 12 fully saturated rings. The molecular weight excluding hydrogens is 1800 g/mol. The number of amides is 6. The summed E-state index contributed by atoms with van der Waals surface area (Å²) in [6, 6.07) is 51.1. The van der Waals surface area contributed by atoms with Crippen molar-refractivity contribution in [1.82, 2.24) is 40.6 Å². The highest BCUT2D eigenvalue weighted by Crippen LogP contribution is 2.53. The summed E-state index contributed by atoms with van der Waals surface area (Å²) in [5, 5.41) is 65.4. The van der Waals surface area contributed by atoms with Crippen molar-refractivity contribution < 1.29 is 86.7 Å². The number of aromatic nitrogens is 2. The fourth-order valence-corrected chi connectivity index (χ4v) is 24.8. The van der Waals surface area contributed by atoms with Gasteiger partial charge in [-0.1, -0.05) is 109 Å². The largest absolute Gasteiger partial charge is 0.496 e. The monoisotopic (exact) mass is 1930 g/mol. The molecule has 0 bridgehead atoms. The average Bonchev–Trinajstić information content (AvgIpc) is 1.56. The van der Waals surface area contributed by atoms with Crippen molar-refractivity contribution in [2.45, 2.75) is 221 Å². The van der Waals surface area contributed by atoms with Crippen LogP contribution in [-0.2, 0) is 47.8 Å². The van der Waals surface area contributed by atoms with E-state index in [1.54, 1.807) is 42.2 Å². The number of nitriles is 4. The number of H-pyrrole nitrogens is 2. The van der Waals surface area contributed by atoms with Gasteiger partial charge in [-0.3, -0.25) is 48.2 Å². The summed E-state index contributed by atoms with van der Waals surface area (Å²) in [6.45, 7) is 1.96. The number of methoxy groups -OCH3 is 2. The zero-order chi connectivity index (χ0) is 99.7. The van der Waals surface area contributed by atoms with Crippen LogP contribution >= 0.6 is 0 Å². The number of carboxylic acid groups (broad SMARTS) is 2. The molecule has 5 heterocycles. The molecular formula is C111H123N13O18. The normalized spacial score (nSPS) is 26.3. The predicted octanol–water partition coefficient (Wildman–Crippen LogP) is 15.6. The topological polar surface area (TPSA) is 481 Å². The van der Waals surface area contributed by atoms with E-state index in [2.05, 4.69) is 92.7 Å². The number of nitrogens with zero attached hydrogens (tertiary/aromatic N) is 7. The molecule has 31 nitrogen and oxygen atoms in total. The summed E-state index contributed by atoms with van der Waals surface area (Å²) >= 11 is 0. The Labute approximate surface area is 824 Å². The highest BCUT2D eigenvalue weighted by Gasteiger charge is 2.56. The Kier molecular flexibility index (Phi) is 31.1. The van der Waals surface area contributed by atoms with Crippen LogP contribution in [0.25, 0.3) is 44.1 Å². The SMILES string of the molecule is COc1cccc2[nH]c(C(=O)N3C[C@@H]4CC[C@@H]4[C@H]3C(=O)N[C@H](C#N)C[C@@H]3CCCC3=O)cc12.COc1cccc2[nH]c(C(=O)O)cc12.N#C[C@@H](N)C[C@@H]1CCCC1=O.N#C[C@H](C[C@@H]1CCCC1=O)NC(=O)[C@@H]1C2CC[C@H]2CN1C(=O)OCC1c2ccccc2-c2ccccc21.N#C[C@H](C[C@@H]1CCCC1=O)NC(=O)[C@H]1CC[C@@H]2CCC21.O=C(O)[C@@H]1C2CC[C@H]2CN1C(=O)OCC1c2ccccc2-c2ccccc21. The lowest BCUT2D eigenvalue weighted by molar-refractivity contribution is -0.144. The smallest absolute Gasteiger partial charge is 0.410 e. The maximum absolute atomic E-state index is 13.5. The number of ether oxygens (including phenoxy) is 4. The maximum Gasteiger partial charge on any atom is 0.410 e. The van der Waals surface area contributed by atoms with E-state index in [1.807, 2.05) is 84.9 Å². The number of nitrogens with two attached hydrogens (primary N) is 1. The molecule has 11 aliphatic carbocycles. The summed E-state index contributed by atoms with van der Waals surface area (Å²) in [5.74, 6) is 1.89. The standard InChI is InChI=1S/C30H31N3O4.C25H28N4O4.C22H21NO4.C16H22N2O2.C10H9NO3.C8H12N2O/c31-15-20(14-18-6-5-11-27(18)34)32-29(35)28-21-13-12-19(21)16-33(28)30(36)37-17-26-24-9-3-1-7-22(24)23-8-2-4-10-25(23)26;1-33-22-7-3-5-19-18(22)11-20(28-19)25(32)29-13-15-8-9-17(15)23(29)24(31)27-16(12-26)10-14-4-2-6-21(14)30;24-21(25)20-14-10-9-13(14)11-23(20)22(26)27-12-19-17-7-3-1-5-15(17)16-6-2-4-8-18(16)19;17-9-12(8-11-2-1-3-15(11)19)18-16(20)14-7-5-10-4-6-13(10)14;1-14-9-4-2-3-7-6(9)5-8(11-7)10(12)13;9-5-7(10)4-6-2-1-3-8(6)11/h1-4,7-10,18-21,26,28H,5-6,11-14,16-17H2,(H,32,35);3,5,7,11,14-17,23,28H,2,4,6,8-10,13H2,1H3,(H,27,31);1-8,13-14,19-20H,9-12H2,(H,24,25);10-14H,1-8H2,(H,18,20);2-5,11H,1H3,(H,12,13);6-7H,1-4,10H2/t18-,19-,20-,21?,28-;14-,15-,16-,17-,23-;13-,14?,20-;10-,11-,12-,13?,14-;;6-,7-/m0000.0/s1. The average molecular weight is 1930 g/mol. The number of aromatic carboxylic acids is 1. The van der Waals surface area contributed by atoms with Gasteiger partial charge in [-0.25, -0.2) is 19.2 Å². The van der Waals surface area contributed by atoms with Gasteiger partial charge in [0.05, 0.1) is 44.5 Å². The van der Waals surface area contributed by atoms with Gasteiger partial charge in [0.1, 0.15) is 95.5 Å². The van der Waals surface area contributed by atoms with Crippen molar-refractivity contribution in [3.05, 3.63) is 179 Å². The van der Waals surface area contributed by atoms with Crippen molar-refractivity contribution in [2.24, 2.45) is 82.7 Å². The summed E-state index contributed by atoms with van der Waals surface area (Å²) < 4.78 is 22.0. The minimum Gasteiger partial charge on any atom is -0.496 e. The van der Waals surface area contributed by atoms with Gasteiger partial charge in [-0.05, 0) is 270 Å². The van der Waals surface area contributed by atoms with Crippen LogP contribution in [-0.4, -0.2) is 195 Å². The Balaban J connectivity index is 0.000000122. The van der Waals surface area contributed by atoms with Crippen LogP contribution in [0.15, 0.2) is 146 Å². The van der Waals surface area contributed by atoms with E-state index in [-0.39, 0.29) is 131 Å². The van der Waals surface area contributed by atoms with Crippen LogP contribution in [0.5, 0.6) is 11.5 Å². The van der Waals surface area contributed by atoms with Crippen LogP contribution in [0.3, 0.4) is 0 Å². The number of carbonyl (C=O) groups is 12. The predicted molar refractivity (Wildman–Crippen MR) is 522 cm³/mol. The quantitative estimate of drug-likeness (QED) is 0.0295. The molecule has 8 aromatic rings. The lowest BCUT2D eigenvalue weighted by Crippen LogP contribution is -2.52. The number of ketones is 4. The zero-order valence-electron chi connectivity index (χ0n) is 80.1. The Morgan fingerprint density at radius 3 is 1.11 bits per heavy atom. The summed E-state index contributed by atoms with van der Waals surface area (Å²) in [6.07, 6.45) is 20.4. The number of likely N-dealkylation sites (tertiary alicyclic amines) is 3. The van der Waals surface area contributed by atoms with Gasteiger partial charge in [-0.2, -0.15) is 21.0 Å². The summed E-state index contributed by atoms with van der Waals surface area (Å²) in [5.41, 5.74) is 16.8. The first-order chi connectivity index (χ1) is 68.8. The Morgan fingerprint density at radius 1 is 0.408 bits per heavy atom. The molecule has 0 radical (unpaired) electrons. The van der Waals surface area contributed by atoms with Crippen LogP contribution < -0.4 is 31.2 Å². The van der Waals surface area contributed by atoms with E-state index in [9.17, 15) is 78.4 Å². The Bertz CT molecular complexity index is 6220. The molecule has 3 saturated heterocycles. The third-order valence-electron chi connectivity index (χ3n) is 32.9. The fraction of sp³-hybridized carbons (Fsp3) is 0.495. The number of carbonyl (C=O) groups excluding carboxylic acids is 10. The molecule has 6 aromatic carbocycles. The number of benzene rings is 6. The molecule has 740 valence electrons. The van der Waals surface area contributed by atoms with Crippen molar-refractivity contribution in [2.75, 3.05) is 47.1 Å². The third-order valence-corrected chi connectivity index (χ3v) is 32.9. The number of rotatable bonds is 23. The fourth-order valence-electron chi connectivity index (χ4n) is 24.8. The molecule has 6 amide bonds. The van der Waals surface area contributed by atoms with Gasteiger partial charge < -0.3 is 65.7 Å². The van der Waals surface area contributed by atoms with E-state index < -0.39 is 66.4 Å². The van der Waals surface area contributed by atoms with Gasteiger partial charge in [0, 0.05) is 109 Å². The van der Waals surface area contributed by atoms with E-state index >= 15 is 0 Å². The third kappa shape index (κ3) is 21.1. The van der Waals surface area contributed by atoms with E-state index in [1.165, 1.54) is 46.4 Å². The number of aromatic amines is 2. The Hall–Kier alpha value is -14.0. The van der Waals surface area contributed by atoms with Crippen molar-refractivity contribution >= 4 is 92.7 Å². The van der Waals surface area contributed by atoms with Crippen molar-refractivity contribution in [3.63, 3.8) is 0 Å². The molecule has 3 aliphatic heterocycles. The molecule has 9 N–H and O–H groups in total. The number of carboxylic acids is 2. The van der Waals surface area contributed by atoms with Gasteiger partial charge >= 0.3 is 24.1 Å². The highest BCUT2D eigenvalue weighted by molar-refractivity contribution is 6.02. The first-order valence-corrected chi connectivity index (χ1v) is 50.5. The number of fused-ring (bicyclic) bond motifs is 12. The molecule has 14 aliphatic rings. The number of hydrogen-bond acceptors (Lipinski definition) is 21. The first kappa shape index (κ1) is 99.5. The van der Waals surface area contributed by atoms with Crippen LogP contribution in [0.4, 0.5) is 9.59 Å². The van der Waals surface area contributed by atoms with Crippen LogP contribution in [0.1, 0.15) is 222 Å². The second-order valence-electron chi connectivity index (χ2n) is 40.7. The second kappa shape index (κ2) is 44.4. The molecule has 9 saturated carbocycles. The number of hydrogen-bond donors (Lipinski definition) is 8. The van der Waals surface area contributed by atoms with Crippen molar-refractivity contribution in [3.8, 4) is 58.0 Å². The molecule has 22 rings (SSSR count). The molecule has 3 unspecified atom stereocenters. The molecule has 31 heteroatoms. The molecule has 142 heavy (non-hydrogen) atoms. The molecule has 0 spiro atoms. The summed E-state index contributed by atoms with van der Waals surface area (Å²) in [7, 11) is 3.15. The zero-order valence-corrected chi connectivity index (χ0v) is 80.1. The van der Waals surface area contributed by atoms with Crippen LogP contribution in [0, 0.1) is 122 Å². The summed E-state index contributed by atoms with van der Waals surface area (Å²) in [4.78, 5) is 158. The van der Waals surface area contributed by atoms with Gasteiger partial charge in [0.2, 0.25) is 17.7 Å². The number of aliphatic carboxylic acids is 1. The lowest BCUT2D eigenvalue weighted by atomic mass is 9.72. The van der Waals surface area contributed by atoms with E-state index in [0.717, 1.165) is 146 Å². The number of Topliss-reactive ketones (excluding diaryl/α,β-unsaturated/α-hetero) is 4. The van der Waals surface area contributed by atoms with Gasteiger partial charge in [-0.15, -0.1) is 0 Å². The molecule has 20 atom stereocenters. The maximum atomic E-state index is 13.5. The number of nitrogens with one attached hydrogen (secondary N) is 5. The lowest BCUT2D eigenvalue weighted by Gasteiger charge is -2.33. The van der Waals surface area contributed by atoms with Crippen molar-refractivity contribution in [1.29, 1.82) is 21.0 Å². The van der Waals surface area contributed by atoms with Crippen LogP contribution in [0.2, 0.25) is 0 Å². The van der Waals surface area contributed by atoms with E-state index in [0.29, 0.717) is 106 Å². The highest BCUT2D eigenvalue weighted by atomic mass is 16.6. The first-order valence-electron chi connectivity index (χ1n) is 50.5. The van der Waals surface area contributed by atoms with Gasteiger partial charge in [0.15, 0.2) is 0 Å². The Morgan fingerprint density at radius 2 is 0.761 bits per heavy atom.